The van der Waals surface area contributed by atoms with E-state index in [9.17, 15) is 8.22 Å². The quantitative estimate of drug-likeness (QED) is 0.153. The summed E-state index contributed by atoms with van der Waals surface area (Å²) in [6, 6.07) is 68.4. The summed E-state index contributed by atoms with van der Waals surface area (Å²) in [6.45, 7) is 18.1. The Kier molecular flexibility index (Phi) is 9.44. The van der Waals surface area contributed by atoms with E-state index < -0.39 is 23.0 Å². The van der Waals surface area contributed by atoms with Gasteiger partial charge in [0.2, 0.25) is 0 Å². The molecule has 4 heterocycles. The van der Waals surface area contributed by atoms with E-state index >= 15 is 0 Å². The molecule has 390 valence electrons. The van der Waals surface area contributed by atoms with Gasteiger partial charge in [0.25, 0.3) is 6.71 Å². The summed E-state index contributed by atoms with van der Waals surface area (Å²) < 4.78 is 71.2. The van der Waals surface area contributed by atoms with E-state index in [4.69, 9.17) is 0 Å². The lowest BCUT2D eigenvalue weighted by Gasteiger charge is -2.39. The Balaban J connectivity index is 1.41. The minimum absolute atomic E-state index is 0.00509. The molecule has 0 saturated carbocycles. The summed E-state index contributed by atoms with van der Waals surface area (Å²) in [7, 11) is 0. The predicted octanol–water partition coefficient (Wildman–Crippen LogP) is 19.1. The van der Waals surface area contributed by atoms with Crippen LogP contribution in [0, 0.1) is 0 Å². The average Bonchev–Trinajstić information content (AvgIpc) is 1.46. The minimum Gasteiger partial charge on any atom is -0.310 e. The van der Waals surface area contributed by atoms with Crippen molar-refractivity contribution in [2.45, 2.75) is 78.6 Å². The van der Waals surface area contributed by atoms with E-state index in [1.807, 2.05) is 12.1 Å². The third kappa shape index (κ3) is 7.33. The normalized spacial score (nSPS) is 14.0. The van der Waals surface area contributed by atoms with Crippen LogP contribution in [-0.4, -0.2) is 15.8 Å². The van der Waals surface area contributed by atoms with Crippen LogP contribution in [0.25, 0.3) is 120 Å². The van der Waals surface area contributed by atoms with E-state index in [-0.39, 0.29) is 36.3 Å². The Labute approximate surface area is 484 Å². The Bertz CT molecular complexity index is 5020. The van der Waals surface area contributed by atoms with Crippen molar-refractivity contribution in [2.24, 2.45) is 0 Å². The minimum atomic E-state index is -1.05. The van der Waals surface area contributed by atoms with Crippen molar-refractivity contribution in [1.29, 1.82) is 0 Å². The fraction of sp³-hybridized carbons (Fsp3) is 0.154. The second-order valence-corrected chi connectivity index (χ2v) is 25.4. The van der Waals surface area contributed by atoms with Gasteiger partial charge >= 0.3 is 0 Å². The number of fused-ring (bicyclic) bond motifs is 18. The number of para-hydroxylation sites is 2. The molecule has 13 aromatic rings. The summed E-state index contributed by atoms with van der Waals surface area (Å²) in [4.78, 5) is 0. The molecule has 3 heteroatoms. The number of nitrogens with zero attached hydrogens (tertiary/aromatic N) is 2. The maximum absolute atomic E-state index is 11.4. The Morgan fingerprint density at radius 1 is 0.321 bits per heavy atom. The molecule has 0 bridgehead atoms. The molecule has 2 aromatic heterocycles. The number of hydrogen-bond acceptors (Lipinski definition) is 0. The molecule has 0 saturated heterocycles. The zero-order valence-electron chi connectivity index (χ0n) is 53.4. The van der Waals surface area contributed by atoms with Crippen molar-refractivity contribution in [1.82, 2.24) is 9.13 Å². The van der Waals surface area contributed by atoms with Gasteiger partial charge in [-0.25, -0.2) is 0 Å². The van der Waals surface area contributed by atoms with E-state index in [1.54, 1.807) is 0 Å². The standard InChI is InChI=1S/C78H65BN2/c1-76(2,3)50-46-67-71-68(47-50)81-73-52(49-28-14-11-15-29-49)39-25-41-62(73)58-35-19-17-31-54(58)56-33-21-23-37-60(56)70-64(78(7,8)9)43-45-66(75(70)81)79(71)65-44-42-63(77(4,5)6)69-59-36-22-20-32-55(59)53-30-16-18-34-57(53)61-40-24-38-51(48-26-12-10-13-27-48)72(61)80(67)74(65)69/h10-47H,1-9H3/i42D,43D,44D,45D,46D,47D. The van der Waals surface area contributed by atoms with Crippen LogP contribution >= 0.6 is 0 Å². The SMILES string of the molecule is [2H]c1c2c3c(c([2H])c1C(C)(C)C)-n1c4c(-c5ccccc5)cccc4c4ccccc4c4ccccc4c4c(C(C)(C)C)c([2H])c([2H])c(c41)B3c1c([2H])c([2H])c(C(C)(C)C)c3c4ccccc4c4ccccc4c4cccc(-c5ccccc5)c4n-2c13. The van der Waals surface area contributed by atoms with E-state index in [2.05, 4.69) is 253 Å². The summed E-state index contributed by atoms with van der Waals surface area (Å²) in [5, 5.41) is 11.0. The van der Waals surface area contributed by atoms with Crippen LogP contribution in [0.15, 0.2) is 230 Å². The van der Waals surface area contributed by atoms with Gasteiger partial charge in [0.05, 0.1) is 19.3 Å². The van der Waals surface area contributed by atoms with Gasteiger partial charge in [-0.05, 0) is 116 Å². The molecule has 2 aliphatic rings. The highest BCUT2D eigenvalue weighted by Gasteiger charge is 2.42. The van der Waals surface area contributed by atoms with E-state index in [1.165, 1.54) is 0 Å². The highest BCUT2D eigenvalue weighted by atomic mass is 15.0. The lowest BCUT2D eigenvalue weighted by molar-refractivity contribution is 0.589. The molecule has 81 heavy (non-hydrogen) atoms. The molecule has 0 N–H and O–H groups in total. The van der Waals surface area contributed by atoms with Crippen molar-refractivity contribution in [3.05, 3.63) is 247 Å². The molecule has 0 spiro atoms. The third-order valence-electron chi connectivity index (χ3n) is 17.2. The first-order chi connectivity index (χ1) is 41.7. The summed E-state index contributed by atoms with van der Waals surface area (Å²) >= 11 is 0. The molecular formula is C78H65BN2. The van der Waals surface area contributed by atoms with Crippen LogP contribution in [0.2, 0.25) is 0 Å². The Morgan fingerprint density at radius 3 is 1.00 bits per heavy atom. The molecule has 0 aliphatic carbocycles. The van der Waals surface area contributed by atoms with Gasteiger partial charge < -0.3 is 9.13 Å². The second-order valence-electron chi connectivity index (χ2n) is 25.4. The van der Waals surface area contributed by atoms with Gasteiger partial charge in [0.1, 0.15) is 0 Å². The van der Waals surface area contributed by atoms with Crippen molar-refractivity contribution >= 4 is 110 Å². The first kappa shape index (κ1) is 43.0. The van der Waals surface area contributed by atoms with Gasteiger partial charge in [-0.3, -0.25) is 0 Å². The molecule has 0 amide bonds. The van der Waals surface area contributed by atoms with Crippen LogP contribution < -0.4 is 16.4 Å². The first-order valence-electron chi connectivity index (χ1n) is 31.6. The Hall–Kier alpha value is -8.92. The third-order valence-corrected chi connectivity index (χ3v) is 17.2. The highest BCUT2D eigenvalue weighted by molar-refractivity contribution is 7.00. The van der Waals surface area contributed by atoms with Crippen LogP contribution in [0.1, 0.15) is 87.2 Å². The van der Waals surface area contributed by atoms with Gasteiger partial charge in [-0.2, -0.15) is 0 Å². The number of benzene rings is 11. The molecule has 0 radical (unpaired) electrons. The van der Waals surface area contributed by atoms with Crippen molar-refractivity contribution in [3.63, 3.8) is 0 Å². The molecule has 0 atom stereocenters. The molecule has 0 unspecified atom stereocenters. The maximum atomic E-state index is 11.4. The molecule has 2 aliphatic heterocycles. The summed E-state index contributed by atoms with van der Waals surface area (Å²) in [6.07, 6.45) is 0. The molecular weight excluding hydrogens is 976 g/mol. The van der Waals surface area contributed by atoms with Crippen LogP contribution in [0.3, 0.4) is 0 Å². The first-order valence-corrected chi connectivity index (χ1v) is 28.6. The molecule has 2 nitrogen and oxygen atoms in total. The van der Waals surface area contributed by atoms with E-state index in [0.717, 1.165) is 97.9 Å². The van der Waals surface area contributed by atoms with Crippen molar-refractivity contribution < 1.29 is 8.22 Å². The van der Waals surface area contributed by atoms with Crippen molar-refractivity contribution in [3.8, 4) is 33.6 Å². The number of rotatable bonds is 2. The second kappa shape index (κ2) is 17.8. The lowest BCUT2D eigenvalue weighted by Crippen LogP contribution is -2.60. The molecule has 0 fully saturated rings. The largest absolute Gasteiger partial charge is 0.310 e. The fourth-order valence-electron chi connectivity index (χ4n) is 13.6. The highest BCUT2D eigenvalue weighted by Crippen LogP contribution is 2.47. The fourth-order valence-corrected chi connectivity index (χ4v) is 13.6. The van der Waals surface area contributed by atoms with E-state index in [0.29, 0.717) is 55.5 Å². The smallest absolute Gasteiger partial charge is 0.252 e. The zero-order chi connectivity index (χ0) is 60.5. The molecule has 11 aromatic carbocycles. The number of aromatic nitrogens is 2. The summed E-state index contributed by atoms with van der Waals surface area (Å²) in [5.41, 5.74) is 9.03. The average molecular weight is 1050 g/mol. The van der Waals surface area contributed by atoms with Gasteiger partial charge in [0.15, 0.2) is 0 Å². The van der Waals surface area contributed by atoms with Gasteiger partial charge in [0, 0.05) is 55.1 Å². The maximum Gasteiger partial charge on any atom is 0.252 e. The van der Waals surface area contributed by atoms with Gasteiger partial charge in [-0.15, -0.1) is 0 Å². The van der Waals surface area contributed by atoms with Crippen molar-refractivity contribution in [2.75, 3.05) is 0 Å². The summed E-state index contributed by atoms with van der Waals surface area (Å²) in [5.74, 6) is 0. The topological polar surface area (TPSA) is 9.86 Å². The lowest BCUT2D eigenvalue weighted by atomic mass is 9.33. The zero-order valence-corrected chi connectivity index (χ0v) is 47.4. The van der Waals surface area contributed by atoms with Crippen LogP contribution in [0.5, 0.6) is 0 Å². The Morgan fingerprint density at radius 2 is 0.642 bits per heavy atom. The predicted molar refractivity (Wildman–Crippen MR) is 352 cm³/mol. The van der Waals surface area contributed by atoms with Gasteiger partial charge in [-0.1, -0.05) is 281 Å². The van der Waals surface area contributed by atoms with Crippen LogP contribution in [-0.2, 0) is 16.2 Å². The number of hydrogen-bond donors (Lipinski definition) is 0. The van der Waals surface area contributed by atoms with Crippen LogP contribution in [0.4, 0.5) is 0 Å². The monoisotopic (exact) mass is 1050 g/mol. The molecule has 15 rings (SSSR count).